The molecule has 0 amide bonds. The van der Waals surface area contributed by atoms with Gasteiger partial charge in [-0.1, -0.05) is 19.9 Å². The van der Waals surface area contributed by atoms with Crippen molar-refractivity contribution in [1.82, 2.24) is 4.98 Å². The van der Waals surface area contributed by atoms with Crippen molar-refractivity contribution in [2.75, 3.05) is 18.0 Å². The number of rotatable bonds is 2. The van der Waals surface area contributed by atoms with Crippen molar-refractivity contribution in [2.45, 2.75) is 27.4 Å². The smallest absolute Gasteiger partial charge is 0.128 e. The number of aliphatic hydroxyl groups excluding tert-OH is 1. The van der Waals surface area contributed by atoms with Crippen LogP contribution in [-0.4, -0.2) is 23.2 Å². The van der Waals surface area contributed by atoms with Crippen LogP contribution in [0.2, 0.25) is 0 Å². The fraction of sp³-hybridized carbons (Fsp3) is 0.615. The van der Waals surface area contributed by atoms with Gasteiger partial charge in [0.05, 0.1) is 6.61 Å². The van der Waals surface area contributed by atoms with Crippen molar-refractivity contribution >= 4 is 5.82 Å². The maximum Gasteiger partial charge on any atom is 0.128 e. The van der Waals surface area contributed by atoms with E-state index in [4.69, 9.17) is 5.11 Å². The summed E-state index contributed by atoms with van der Waals surface area (Å²) in [5.41, 5.74) is 1.86. The van der Waals surface area contributed by atoms with E-state index in [1.165, 1.54) is 0 Å². The first-order valence-corrected chi connectivity index (χ1v) is 5.94. The summed E-state index contributed by atoms with van der Waals surface area (Å²) in [6.45, 7) is 8.79. The number of anilines is 1. The Bertz CT molecular complexity index is 368. The quantitative estimate of drug-likeness (QED) is 0.828. The third kappa shape index (κ3) is 2.05. The second kappa shape index (κ2) is 4.42. The maximum atomic E-state index is 9.11. The van der Waals surface area contributed by atoms with Crippen LogP contribution in [0.15, 0.2) is 12.1 Å². The van der Waals surface area contributed by atoms with Gasteiger partial charge in [-0.2, -0.15) is 0 Å². The minimum Gasteiger partial charge on any atom is -0.392 e. The largest absolute Gasteiger partial charge is 0.392 e. The monoisotopic (exact) mass is 220 g/mol. The van der Waals surface area contributed by atoms with E-state index < -0.39 is 0 Å². The van der Waals surface area contributed by atoms with E-state index in [-0.39, 0.29) is 6.61 Å². The van der Waals surface area contributed by atoms with E-state index in [1.54, 1.807) is 0 Å². The third-order valence-corrected chi connectivity index (χ3v) is 3.66. The van der Waals surface area contributed by atoms with Crippen LogP contribution in [-0.2, 0) is 6.61 Å². The van der Waals surface area contributed by atoms with Crippen LogP contribution >= 0.6 is 0 Å². The van der Waals surface area contributed by atoms with Gasteiger partial charge in [0.15, 0.2) is 0 Å². The van der Waals surface area contributed by atoms with E-state index in [0.29, 0.717) is 0 Å². The third-order valence-electron chi connectivity index (χ3n) is 3.66. The first-order chi connectivity index (χ1) is 7.61. The summed E-state index contributed by atoms with van der Waals surface area (Å²) in [7, 11) is 0. The van der Waals surface area contributed by atoms with Gasteiger partial charge in [-0.3, -0.25) is 0 Å². The van der Waals surface area contributed by atoms with Gasteiger partial charge in [0.2, 0.25) is 0 Å². The molecular formula is C13H20N2O. The van der Waals surface area contributed by atoms with Crippen LogP contribution in [0, 0.1) is 18.8 Å². The van der Waals surface area contributed by atoms with Crippen molar-refractivity contribution in [3.05, 3.63) is 23.4 Å². The Morgan fingerprint density at radius 2 is 1.94 bits per heavy atom. The standard InChI is InChI=1S/C13H20N2O/c1-9-6-15(7-10(9)2)13-5-4-12(8-16)11(3)14-13/h4-5,9-10,16H,6-8H2,1-3H3. The fourth-order valence-electron chi connectivity index (χ4n) is 2.24. The molecule has 0 bridgehead atoms. The molecule has 1 fully saturated rings. The zero-order valence-electron chi connectivity index (χ0n) is 10.3. The predicted octanol–water partition coefficient (Wildman–Crippen LogP) is 1.97. The Kier molecular flexibility index (Phi) is 3.15. The average Bonchev–Trinajstić information content (AvgIpc) is 2.59. The minimum absolute atomic E-state index is 0.0753. The Hall–Kier alpha value is -1.09. The van der Waals surface area contributed by atoms with Crippen molar-refractivity contribution in [3.63, 3.8) is 0 Å². The molecule has 0 saturated carbocycles. The molecule has 1 aliphatic rings. The SMILES string of the molecule is Cc1nc(N2CC(C)C(C)C2)ccc1CO. The molecule has 0 aromatic carbocycles. The number of nitrogens with zero attached hydrogens (tertiary/aromatic N) is 2. The number of hydrogen-bond donors (Lipinski definition) is 1. The number of aliphatic hydroxyl groups is 1. The Labute approximate surface area is 97.1 Å². The number of aromatic nitrogens is 1. The highest BCUT2D eigenvalue weighted by molar-refractivity contribution is 5.42. The normalized spacial score (nSPS) is 25.1. The summed E-state index contributed by atoms with van der Waals surface area (Å²) in [4.78, 5) is 6.90. The van der Waals surface area contributed by atoms with Gasteiger partial charge >= 0.3 is 0 Å². The fourth-order valence-corrected chi connectivity index (χ4v) is 2.24. The lowest BCUT2D eigenvalue weighted by atomic mass is 10.0. The molecule has 2 rings (SSSR count). The van der Waals surface area contributed by atoms with Crippen molar-refractivity contribution < 1.29 is 5.11 Å². The van der Waals surface area contributed by atoms with Gasteiger partial charge in [-0.25, -0.2) is 4.98 Å². The van der Waals surface area contributed by atoms with E-state index in [0.717, 1.165) is 42.0 Å². The Morgan fingerprint density at radius 3 is 2.44 bits per heavy atom. The van der Waals surface area contributed by atoms with Gasteiger partial charge in [0.1, 0.15) is 5.82 Å². The van der Waals surface area contributed by atoms with E-state index in [9.17, 15) is 0 Å². The summed E-state index contributed by atoms with van der Waals surface area (Å²) < 4.78 is 0. The summed E-state index contributed by atoms with van der Waals surface area (Å²) in [5, 5.41) is 9.11. The minimum atomic E-state index is 0.0753. The molecule has 1 saturated heterocycles. The number of pyridine rings is 1. The van der Waals surface area contributed by atoms with Gasteiger partial charge in [-0.15, -0.1) is 0 Å². The molecule has 1 aromatic rings. The lowest BCUT2D eigenvalue weighted by Gasteiger charge is -2.18. The summed E-state index contributed by atoms with van der Waals surface area (Å²) in [6.07, 6.45) is 0. The van der Waals surface area contributed by atoms with Crippen molar-refractivity contribution in [3.8, 4) is 0 Å². The molecule has 0 spiro atoms. The highest BCUT2D eigenvalue weighted by Crippen LogP contribution is 2.26. The van der Waals surface area contributed by atoms with Crippen LogP contribution in [0.1, 0.15) is 25.1 Å². The molecule has 0 radical (unpaired) electrons. The second-order valence-electron chi connectivity index (χ2n) is 4.93. The molecule has 2 atom stereocenters. The van der Waals surface area contributed by atoms with Gasteiger partial charge in [-0.05, 0) is 30.4 Å². The first-order valence-electron chi connectivity index (χ1n) is 5.94. The van der Waals surface area contributed by atoms with Crippen molar-refractivity contribution in [2.24, 2.45) is 11.8 Å². The van der Waals surface area contributed by atoms with E-state index in [1.807, 2.05) is 19.1 Å². The van der Waals surface area contributed by atoms with Crippen LogP contribution in [0.5, 0.6) is 0 Å². The van der Waals surface area contributed by atoms with Gasteiger partial charge < -0.3 is 10.0 Å². The maximum absolute atomic E-state index is 9.11. The lowest BCUT2D eigenvalue weighted by molar-refractivity contribution is 0.280. The molecule has 1 N–H and O–H groups in total. The molecule has 3 heteroatoms. The van der Waals surface area contributed by atoms with Crippen LogP contribution in [0.3, 0.4) is 0 Å². The van der Waals surface area contributed by atoms with Crippen LogP contribution in [0.4, 0.5) is 5.82 Å². The van der Waals surface area contributed by atoms with Crippen LogP contribution < -0.4 is 4.90 Å². The van der Waals surface area contributed by atoms with Crippen LogP contribution in [0.25, 0.3) is 0 Å². The molecule has 16 heavy (non-hydrogen) atoms. The van der Waals surface area contributed by atoms with E-state index >= 15 is 0 Å². The molecule has 2 heterocycles. The average molecular weight is 220 g/mol. The molecule has 0 aliphatic carbocycles. The Morgan fingerprint density at radius 1 is 1.31 bits per heavy atom. The number of hydrogen-bond acceptors (Lipinski definition) is 3. The summed E-state index contributed by atoms with van der Waals surface area (Å²) in [6, 6.07) is 3.99. The van der Waals surface area contributed by atoms with Gasteiger partial charge in [0.25, 0.3) is 0 Å². The highest BCUT2D eigenvalue weighted by Gasteiger charge is 2.26. The topological polar surface area (TPSA) is 36.4 Å². The molecule has 2 unspecified atom stereocenters. The molecule has 1 aromatic heterocycles. The second-order valence-corrected chi connectivity index (χ2v) is 4.93. The highest BCUT2D eigenvalue weighted by atomic mass is 16.3. The zero-order chi connectivity index (χ0) is 11.7. The predicted molar refractivity (Wildman–Crippen MR) is 65.4 cm³/mol. The molecule has 1 aliphatic heterocycles. The van der Waals surface area contributed by atoms with Gasteiger partial charge in [0, 0.05) is 18.8 Å². The first kappa shape index (κ1) is 11.4. The lowest BCUT2D eigenvalue weighted by Crippen LogP contribution is -2.21. The van der Waals surface area contributed by atoms with Crippen molar-refractivity contribution in [1.29, 1.82) is 0 Å². The summed E-state index contributed by atoms with van der Waals surface area (Å²) in [5.74, 6) is 2.52. The molecular weight excluding hydrogens is 200 g/mol. The molecule has 3 nitrogen and oxygen atoms in total. The summed E-state index contributed by atoms with van der Waals surface area (Å²) >= 11 is 0. The number of aryl methyl sites for hydroxylation is 1. The Balaban J connectivity index is 2.19. The van der Waals surface area contributed by atoms with E-state index in [2.05, 4.69) is 23.7 Å². The zero-order valence-corrected chi connectivity index (χ0v) is 10.3. The molecule has 88 valence electrons.